The van der Waals surface area contributed by atoms with E-state index in [2.05, 4.69) is 32.2 Å². The minimum Gasteiger partial charge on any atom is -0.462 e. The first-order chi connectivity index (χ1) is 12.0. The van der Waals surface area contributed by atoms with Crippen molar-refractivity contribution in [3.05, 3.63) is 28.2 Å². The predicted octanol–water partition coefficient (Wildman–Crippen LogP) is 6.15. The highest BCUT2D eigenvalue weighted by atomic mass is 32.1. The third kappa shape index (κ3) is 7.73. The Balaban J connectivity index is 2.99. The highest BCUT2D eigenvalue weighted by Crippen LogP contribution is 2.36. The smallest absolute Gasteiger partial charge is 0.341 e. The van der Waals surface area contributed by atoms with E-state index in [1.165, 1.54) is 16.9 Å². The van der Waals surface area contributed by atoms with Crippen LogP contribution in [-0.4, -0.2) is 18.5 Å². The van der Waals surface area contributed by atoms with Crippen molar-refractivity contribution >= 4 is 28.2 Å². The van der Waals surface area contributed by atoms with Gasteiger partial charge in [-0.15, -0.1) is 11.3 Å². The predicted molar refractivity (Wildman–Crippen MR) is 110 cm³/mol. The molecule has 0 radical (unpaired) electrons. The molecule has 5 heteroatoms. The lowest BCUT2D eigenvalue weighted by molar-refractivity contribution is -0.117. The van der Waals surface area contributed by atoms with Crippen molar-refractivity contribution in [2.45, 2.75) is 73.6 Å². The molecule has 1 aromatic heterocycles. The summed E-state index contributed by atoms with van der Waals surface area (Å²) in [4.78, 5) is 25.7. The fourth-order valence-corrected chi connectivity index (χ4v) is 3.67. The summed E-state index contributed by atoms with van der Waals surface area (Å²) in [6.07, 6.45) is 4.63. The van der Waals surface area contributed by atoms with Crippen LogP contribution in [-0.2, 0) is 9.53 Å². The molecule has 1 atom stereocenters. The first kappa shape index (κ1) is 22.4. The van der Waals surface area contributed by atoms with Crippen LogP contribution in [0.2, 0.25) is 0 Å². The Hall–Kier alpha value is -1.62. The van der Waals surface area contributed by atoms with Gasteiger partial charge in [-0.3, -0.25) is 4.79 Å². The number of hydrogen-bond acceptors (Lipinski definition) is 4. The summed E-state index contributed by atoms with van der Waals surface area (Å²) < 4.78 is 5.16. The highest BCUT2D eigenvalue weighted by Gasteiger charge is 2.23. The van der Waals surface area contributed by atoms with Crippen molar-refractivity contribution < 1.29 is 14.3 Å². The summed E-state index contributed by atoms with van der Waals surface area (Å²) >= 11 is 1.48. The average molecular weight is 380 g/mol. The number of nitrogens with one attached hydrogen (secondary N) is 1. The van der Waals surface area contributed by atoms with E-state index >= 15 is 0 Å². The molecule has 0 aromatic carbocycles. The van der Waals surface area contributed by atoms with Gasteiger partial charge in [-0.25, -0.2) is 4.79 Å². The van der Waals surface area contributed by atoms with Crippen molar-refractivity contribution in [3.8, 4) is 0 Å². The van der Waals surface area contributed by atoms with Crippen LogP contribution < -0.4 is 5.32 Å². The zero-order valence-electron chi connectivity index (χ0n) is 17.2. The maximum Gasteiger partial charge on any atom is 0.341 e. The first-order valence-corrected chi connectivity index (χ1v) is 10.1. The minimum atomic E-state index is -0.377. The summed E-state index contributed by atoms with van der Waals surface area (Å²) in [6.45, 7) is 14.5. The Morgan fingerprint density at radius 2 is 1.96 bits per heavy atom. The molecule has 146 valence electrons. The van der Waals surface area contributed by atoms with Gasteiger partial charge in [-0.2, -0.15) is 0 Å². The van der Waals surface area contributed by atoms with Crippen molar-refractivity contribution in [1.29, 1.82) is 0 Å². The van der Waals surface area contributed by atoms with Crippen LogP contribution in [0.4, 0.5) is 5.00 Å². The van der Waals surface area contributed by atoms with Gasteiger partial charge in [0.05, 0.1) is 12.2 Å². The van der Waals surface area contributed by atoms with E-state index in [0.717, 1.165) is 17.7 Å². The van der Waals surface area contributed by atoms with E-state index in [9.17, 15) is 9.59 Å². The third-order valence-electron chi connectivity index (χ3n) is 3.83. The average Bonchev–Trinajstić information content (AvgIpc) is 2.88. The number of esters is 1. The second-order valence-electron chi connectivity index (χ2n) is 8.16. The number of hydrogen-bond donors (Lipinski definition) is 1. The quantitative estimate of drug-likeness (QED) is 0.435. The Labute approximate surface area is 162 Å². The maximum atomic E-state index is 12.3. The molecule has 0 aliphatic heterocycles. The summed E-state index contributed by atoms with van der Waals surface area (Å²) in [5, 5.41) is 3.52. The van der Waals surface area contributed by atoms with Crippen LogP contribution in [0.3, 0.4) is 0 Å². The molecule has 0 saturated carbocycles. The summed E-state index contributed by atoms with van der Waals surface area (Å²) in [7, 11) is 0. The monoisotopic (exact) mass is 379 g/mol. The molecule has 1 heterocycles. The Bertz CT molecular complexity index is 649. The molecule has 4 nitrogen and oxygen atoms in total. The second-order valence-corrected chi connectivity index (χ2v) is 9.24. The second kappa shape index (κ2) is 9.91. The largest absolute Gasteiger partial charge is 0.462 e. The van der Waals surface area contributed by atoms with E-state index in [-0.39, 0.29) is 17.3 Å². The van der Waals surface area contributed by atoms with Gasteiger partial charge in [0.25, 0.3) is 0 Å². The number of carbonyl (C=O) groups excluding carboxylic acids is 2. The van der Waals surface area contributed by atoms with Crippen LogP contribution >= 0.6 is 11.3 Å². The molecule has 0 fully saturated rings. The number of ether oxygens (including phenoxy) is 1. The van der Waals surface area contributed by atoms with Crippen molar-refractivity contribution in [2.75, 3.05) is 11.9 Å². The topological polar surface area (TPSA) is 55.4 Å². The number of carbonyl (C=O) groups is 2. The molecule has 1 aromatic rings. The standard InChI is InChI=1S/C21H33NO3S/c1-8-25-20(24)16-12-17(15(4)11-9-10-14(2)3)26-19(16)22-18(23)13-21(5,6)7/h10,12,15H,8-9,11,13H2,1-7H3,(H,22,23)/t15-/m0/s1. The van der Waals surface area contributed by atoms with Gasteiger partial charge < -0.3 is 10.1 Å². The zero-order valence-corrected chi connectivity index (χ0v) is 18.0. The van der Waals surface area contributed by atoms with Crippen LogP contribution in [0.5, 0.6) is 0 Å². The SMILES string of the molecule is CCOC(=O)c1cc([C@@H](C)CCC=C(C)C)sc1NC(=O)CC(C)(C)C. The molecular weight excluding hydrogens is 346 g/mol. The number of anilines is 1. The number of allylic oxidation sites excluding steroid dienone is 2. The molecular formula is C21H33NO3S. The van der Waals surface area contributed by atoms with E-state index in [1.54, 1.807) is 6.92 Å². The van der Waals surface area contributed by atoms with E-state index in [4.69, 9.17) is 4.74 Å². The first-order valence-electron chi connectivity index (χ1n) is 9.27. The van der Waals surface area contributed by atoms with Crippen LogP contribution in [0.25, 0.3) is 0 Å². The van der Waals surface area contributed by atoms with E-state index in [0.29, 0.717) is 29.5 Å². The van der Waals surface area contributed by atoms with Gasteiger partial charge >= 0.3 is 5.97 Å². The van der Waals surface area contributed by atoms with Crippen LogP contribution in [0, 0.1) is 5.41 Å². The van der Waals surface area contributed by atoms with E-state index < -0.39 is 0 Å². The molecule has 1 N–H and O–H groups in total. The Morgan fingerprint density at radius 1 is 1.31 bits per heavy atom. The van der Waals surface area contributed by atoms with Gasteiger partial charge in [0.2, 0.25) is 5.91 Å². The normalized spacial score (nSPS) is 12.4. The van der Waals surface area contributed by atoms with Gasteiger partial charge in [0, 0.05) is 11.3 Å². The number of thiophene rings is 1. The molecule has 0 bridgehead atoms. The van der Waals surface area contributed by atoms with Gasteiger partial charge in [0.15, 0.2) is 0 Å². The number of amides is 1. The highest BCUT2D eigenvalue weighted by molar-refractivity contribution is 7.16. The van der Waals surface area contributed by atoms with Crippen LogP contribution in [0.1, 0.15) is 88.9 Å². The molecule has 0 saturated heterocycles. The zero-order chi connectivity index (χ0) is 19.9. The van der Waals surface area contributed by atoms with Gasteiger partial charge in [-0.1, -0.05) is 39.3 Å². The van der Waals surface area contributed by atoms with Crippen LogP contribution in [0.15, 0.2) is 17.7 Å². The fourth-order valence-electron chi connectivity index (χ4n) is 2.52. The van der Waals surface area contributed by atoms with Gasteiger partial charge in [0.1, 0.15) is 5.00 Å². The molecule has 1 amide bonds. The third-order valence-corrected chi connectivity index (χ3v) is 5.11. The summed E-state index contributed by atoms with van der Waals surface area (Å²) in [6, 6.07) is 1.88. The Morgan fingerprint density at radius 3 is 2.50 bits per heavy atom. The molecule has 26 heavy (non-hydrogen) atoms. The van der Waals surface area contributed by atoms with E-state index in [1.807, 2.05) is 26.8 Å². The molecule has 0 unspecified atom stereocenters. The van der Waals surface area contributed by atoms with Crippen molar-refractivity contribution in [3.63, 3.8) is 0 Å². The fraction of sp³-hybridized carbons (Fsp3) is 0.619. The lowest BCUT2D eigenvalue weighted by atomic mass is 9.92. The maximum absolute atomic E-state index is 12.3. The Kier molecular flexibility index (Phi) is 8.54. The molecule has 0 aliphatic carbocycles. The summed E-state index contributed by atoms with van der Waals surface area (Å²) in [5.74, 6) is -0.136. The number of rotatable bonds is 8. The lowest BCUT2D eigenvalue weighted by Crippen LogP contribution is -2.20. The van der Waals surface area contributed by atoms with Gasteiger partial charge in [-0.05, 0) is 51.0 Å². The minimum absolute atomic E-state index is 0.0753. The summed E-state index contributed by atoms with van der Waals surface area (Å²) in [5.41, 5.74) is 1.67. The lowest BCUT2D eigenvalue weighted by Gasteiger charge is -2.17. The molecule has 0 spiro atoms. The molecule has 0 aliphatic rings. The van der Waals surface area contributed by atoms with Crippen molar-refractivity contribution in [1.82, 2.24) is 0 Å². The van der Waals surface area contributed by atoms with Crippen molar-refractivity contribution in [2.24, 2.45) is 5.41 Å². The molecule has 1 rings (SSSR count).